The number of halogens is 4. The first-order chi connectivity index (χ1) is 15.6. The predicted octanol–water partition coefficient (Wildman–Crippen LogP) is 6.48. The third-order valence-electron chi connectivity index (χ3n) is 4.32. The van der Waals surface area contributed by atoms with Crippen molar-refractivity contribution in [3.8, 4) is 5.69 Å². The molecule has 0 atom stereocenters. The lowest BCUT2D eigenvalue weighted by Gasteiger charge is -2.13. The van der Waals surface area contributed by atoms with Gasteiger partial charge in [-0.2, -0.15) is 18.3 Å². The molecule has 0 unspecified atom stereocenters. The van der Waals surface area contributed by atoms with Gasteiger partial charge in [-0.15, -0.1) is 0 Å². The molecular weight excluding hydrogens is 457 g/mol. The minimum atomic E-state index is -4.83. The molecule has 0 saturated heterocycles. The maximum absolute atomic E-state index is 13.8. The van der Waals surface area contributed by atoms with Gasteiger partial charge in [0.2, 0.25) is 5.91 Å². The number of nitrogens with zero attached hydrogens (tertiary/aromatic N) is 2. The smallest absolute Gasteiger partial charge is 0.326 e. The van der Waals surface area contributed by atoms with Crippen LogP contribution in [-0.2, 0) is 11.0 Å². The number of amides is 2. The Morgan fingerprint density at radius 3 is 2.15 bits per heavy atom. The van der Waals surface area contributed by atoms with E-state index in [4.69, 9.17) is 11.6 Å². The summed E-state index contributed by atoms with van der Waals surface area (Å²) in [5, 5.41) is 8.94. The summed E-state index contributed by atoms with van der Waals surface area (Å²) in [7, 11) is 0. The van der Waals surface area contributed by atoms with Crippen LogP contribution in [0.4, 0.5) is 24.5 Å². The van der Waals surface area contributed by atoms with Crippen LogP contribution in [0.1, 0.15) is 48.8 Å². The van der Waals surface area contributed by atoms with Gasteiger partial charge in [0.1, 0.15) is 0 Å². The molecule has 10 heteroatoms. The minimum absolute atomic E-state index is 0.125. The zero-order valence-corrected chi connectivity index (χ0v) is 19.3. The fourth-order valence-corrected chi connectivity index (χ4v) is 3.09. The minimum Gasteiger partial charge on any atom is -0.326 e. The maximum atomic E-state index is 13.8. The Balaban J connectivity index is 0.00000187. The predicted molar refractivity (Wildman–Crippen MR) is 123 cm³/mol. The summed E-state index contributed by atoms with van der Waals surface area (Å²) in [6, 6.07) is 10.5. The lowest BCUT2D eigenvalue weighted by atomic mass is 10.2. The van der Waals surface area contributed by atoms with Gasteiger partial charge < -0.3 is 10.6 Å². The molecule has 1 heterocycles. The van der Waals surface area contributed by atoms with Crippen molar-refractivity contribution in [2.24, 2.45) is 0 Å². The second-order valence-electron chi connectivity index (χ2n) is 6.74. The molecule has 0 aliphatic rings. The molecule has 3 rings (SSSR count). The molecule has 6 nitrogen and oxygen atoms in total. The number of alkyl halides is 3. The molecule has 176 valence electrons. The maximum Gasteiger partial charge on any atom is 0.434 e. The summed E-state index contributed by atoms with van der Waals surface area (Å²) in [6.45, 7) is 7.46. The molecule has 2 amide bonds. The molecule has 0 saturated carbocycles. The van der Waals surface area contributed by atoms with Crippen molar-refractivity contribution in [3.63, 3.8) is 0 Å². The lowest BCUT2D eigenvalue weighted by molar-refractivity contribution is -0.143. The Hall–Kier alpha value is -3.33. The first-order valence-corrected chi connectivity index (χ1v) is 10.6. The molecule has 1 aromatic heterocycles. The number of hydrogen-bond donors (Lipinski definition) is 2. The van der Waals surface area contributed by atoms with E-state index in [1.807, 2.05) is 13.8 Å². The summed E-state index contributed by atoms with van der Waals surface area (Å²) in [4.78, 5) is 24.3. The Morgan fingerprint density at radius 2 is 1.61 bits per heavy atom. The largest absolute Gasteiger partial charge is 0.434 e. The number of benzene rings is 2. The first-order valence-electron chi connectivity index (χ1n) is 10.2. The van der Waals surface area contributed by atoms with E-state index in [-0.39, 0.29) is 28.7 Å². The van der Waals surface area contributed by atoms with E-state index in [0.29, 0.717) is 10.4 Å². The van der Waals surface area contributed by atoms with E-state index < -0.39 is 23.3 Å². The SMILES string of the molecule is CC.CCC(=O)Nc1cc(Cl)cc(NC(=O)c2cnn(-c3ccc(C)cc3)c2C(F)(F)F)c1. The average molecular weight is 481 g/mol. The van der Waals surface area contributed by atoms with Crippen molar-refractivity contribution >= 4 is 34.8 Å². The molecule has 0 bridgehead atoms. The van der Waals surface area contributed by atoms with Crippen LogP contribution in [0.25, 0.3) is 5.69 Å². The molecule has 0 fully saturated rings. The summed E-state index contributed by atoms with van der Waals surface area (Å²) in [6.07, 6.45) is -3.74. The van der Waals surface area contributed by atoms with Crippen LogP contribution >= 0.6 is 11.6 Å². The van der Waals surface area contributed by atoms with Crippen LogP contribution in [0.2, 0.25) is 5.02 Å². The van der Waals surface area contributed by atoms with E-state index in [0.717, 1.165) is 11.8 Å². The topological polar surface area (TPSA) is 76.0 Å². The molecular formula is C23H24ClF3N4O2. The highest BCUT2D eigenvalue weighted by atomic mass is 35.5. The highest BCUT2D eigenvalue weighted by Gasteiger charge is 2.40. The number of nitrogens with one attached hydrogen (secondary N) is 2. The summed E-state index contributed by atoms with van der Waals surface area (Å²) < 4.78 is 42.1. The third-order valence-corrected chi connectivity index (χ3v) is 4.54. The highest BCUT2D eigenvalue weighted by Crippen LogP contribution is 2.34. The monoisotopic (exact) mass is 480 g/mol. The van der Waals surface area contributed by atoms with Crippen LogP contribution < -0.4 is 10.6 Å². The second kappa shape index (κ2) is 11.0. The molecule has 0 radical (unpaired) electrons. The van der Waals surface area contributed by atoms with Crippen molar-refractivity contribution < 1.29 is 22.8 Å². The van der Waals surface area contributed by atoms with E-state index >= 15 is 0 Å². The highest BCUT2D eigenvalue weighted by molar-refractivity contribution is 6.31. The number of aromatic nitrogens is 2. The van der Waals surface area contributed by atoms with Crippen LogP contribution in [0, 0.1) is 6.92 Å². The summed E-state index contributed by atoms with van der Waals surface area (Å²) in [5.74, 6) is -1.29. The Kier molecular flexibility index (Phi) is 8.64. The first kappa shape index (κ1) is 25.9. The van der Waals surface area contributed by atoms with Gasteiger partial charge in [-0.05, 0) is 37.3 Å². The quantitative estimate of drug-likeness (QED) is 0.439. The van der Waals surface area contributed by atoms with E-state index in [1.54, 1.807) is 26.0 Å². The Morgan fingerprint density at radius 1 is 1.03 bits per heavy atom. The molecule has 0 aliphatic carbocycles. The number of rotatable bonds is 5. The fourth-order valence-electron chi connectivity index (χ4n) is 2.85. The van der Waals surface area contributed by atoms with Crippen LogP contribution in [0.3, 0.4) is 0 Å². The van der Waals surface area contributed by atoms with Crippen LogP contribution in [0.15, 0.2) is 48.7 Å². The van der Waals surface area contributed by atoms with Gasteiger partial charge in [0.25, 0.3) is 5.91 Å². The normalized spacial score (nSPS) is 10.8. The number of carbonyl (C=O) groups excluding carboxylic acids is 2. The fraction of sp³-hybridized carbons (Fsp3) is 0.261. The van der Waals surface area contributed by atoms with Gasteiger partial charge in [-0.25, -0.2) is 4.68 Å². The summed E-state index contributed by atoms with van der Waals surface area (Å²) in [5.41, 5.74) is -0.373. The molecule has 0 spiro atoms. The van der Waals surface area contributed by atoms with E-state index in [9.17, 15) is 22.8 Å². The molecule has 2 N–H and O–H groups in total. The van der Waals surface area contributed by atoms with Crippen LogP contribution in [0.5, 0.6) is 0 Å². The standard InChI is InChI=1S/C21H18ClF3N4O2.C2H6/c1-3-18(30)27-14-8-13(22)9-15(10-14)28-20(31)17-11-26-29(19(17)21(23,24)25)16-6-4-12(2)5-7-16;1-2/h4-11H,3H2,1-2H3,(H,27,30)(H,28,31);1-2H3. The number of aryl methyl sites for hydroxylation is 1. The van der Waals surface area contributed by atoms with Crippen molar-refractivity contribution in [1.82, 2.24) is 9.78 Å². The molecule has 33 heavy (non-hydrogen) atoms. The Labute approximate surface area is 194 Å². The van der Waals surface area contributed by atoms with Crippen molar-refractivity contribution in [3.05, 3.63) is 70.5 Å². The second-order valence-corrected chi connectivity index (χ2v) is 7.17. The Bertz CT molecular complexity index is 1130. The summed E-state index contributed by atoms with van der Waals surface area (Å²) >= 11 is 6.01. The lowest BCUT2D eigenvalue weighted by Crippen LogP contribution is -2.21. The van der Waals surface area contributed by atoms with E-state index in [1.165, 1.54) is 30.3 Å². The third kappa shape index (κ3) is 6.58. The molecule has 3 aromatic rings. The van der Waals surface area contributed by atoms with Crippen molar-refractivity contribution in [1.29, 1.82) is 0 Å². The van der Waals surface area contributed by atoms with E-state index in [2.05, 4.69) is 15.7 Å². The van der Waals surface area contributed by atoms with Gasteiger partial charge in [-0.3, -0.25) is 9.59 Å². The molecule has 2 aromatic carbocycles. The average Bonchev–Trinajstić information content (AvgIpc) is 3.21. The zero-order chi connectivity index (χ0) is 24.8. The number of anilines is 2. The molecule has 0 aliphatic heterocycles. The van der Waals surface area contributed by atoms with Gasteiger partial charge in [-0.1, -0.05) is 50.1 Å². The van der Waals surface area contributed by atoms with Crippen LogP contribution in [-0.4, -0.2) is 21.6 Å². The number of carbonyl (C=O) groups is 2. The van der Waals surface area contributed by atoms with Crippen molar-refractivity contribution in [2.45, 2.75) is 40.3 Å². The zero-order valence-electron chi connectivity index (χ0n) is 18.5. The van der Waals surface area contributed by atoms with Gasteiger partial charge >= 0.3 is 6.18 Å². The number of hydrogen-bond acceptors (Lipinski definition) is 3. The van der Waals surface area contributed by atoms with Gasteiger partial charge in [0, 0.05) is 22.8 Å². The van der Waals surface area contributed by atoms with Crippen molar-refractivity contribution in [2.75, 3.05) is 10.6 Å². The van der Waals surface area contributed by atoms with Gasteiger partial charge in [0.05, 0.1) is 17.4 Å². The van der Waals surface area contributed by atoms with Gasteiger partial charge in [0.15, 0.2) is 5.69 Å².